The van der Waals surface area contributed by atoms with Crippen molar-refractivity contribution in [1.82, 2.24) is 15.1 Å². The molecule has 0 unspecified atom stereocenters. The lowest BCUT2D eigenvalue weighted by Gasteiger charge is -2.06. The number of nitrogens with one attached hydrogen (secondary N) is 1. The van der Waals surface area contributed by atoms with E-state index in [1.54, 1.807) is 17.5 Å². The first kappa shape index (κ1) is 15.5. The Kier molecular flexibility index (Phi) is 5.21. The van der Waals surface area contributed by atoms with Crippen LogP contribution in [-0.4, -0.2) is 22.2 Å². The molecule has 1 amide bonds. The molecule has 0 saturated carbocycles. The zero-order valence-electron chi connectivity index (χ0n) is 12.8. The van der Waals surface area contributed by atoms with Crippen LogP contribution in [0.3, 0.4) is 0 Å². The molecular formula is C18H19N3OS. The predicted octanol–water partition coefficient (Wildman–Crippen LogP) is 3.23. The van der Waals surface area contributed by atoms with Gasteiger partial charge in [-0.3, -0.25) is 4.79 Å². The number of aromatic nitrogens is 2. The number of rotatable bonds is 7. The SMILES string of the molecule is O=C(CCc1cccs1)NCCc1ccc(-n2cccn2)cc1. The van der Waals surface area contributed by atoms with Crippen molar-refractivity contribution in [3.63, 3.8) is 0 Å². The third kappa shape index (κ3) is 4.53. The summed E-state index contributed by atoms with van der Waals surface area (Å²) in [5.74, 6) is 0.117. The van der Waals surface area contributed by atoms with E-state index in [1.165, 1.54) is 10.4 Å². The summed E-state index contributed by atoms with van der Waals surface area (Å²) < 4.78 is 1.83. The number of carbonyl (C=O) groups excluding carboxylic acids is 1. The van der Waals surface area contributed by atoms with Gasteiger partial charge < -0.3 is 5.32 Å². The quantitative estimate of drug-likeness (QED) is 0.725. The molecule has 118 valence electrons. The smallest absolute Gasteiger partial charge is 0.220 e. The molecule has 0 spiro atoms. The molecule has 0 atom stereocenters. The van der Waals surface area contributed by atoms with Crippen LogP contribution in [0.5, 0.6) is 0 Å². The molecule has 3 rings (SSSR count). The van der Waals surface area contributed by atoms with Crippen LogP contribution < -0.4 is 5.32 Å². The highest BCUT2D eigenvalue weighted by Gasteiger charge is 2.03. The third-order valence-electron chi connectivity index (χ3n) is 3.62. The van der Waals surface area contributed by atoms with Crippen LogP contribution in [0.2, 0.25) is 0 Å². The lowest BCUT2D eigenvalue weighted by Crippen LogP contribution is -2.25. The first-order valence-electron chi connectivity index (χ1n) is 7.69. The second-order valence-corrected chi connectivity index (χ2v) is 6.33. The number of hydrogen-bond donors (Lipinski definition) is 1. The number of nitrogens with zero attached hydrogens (tertiary/aromatic N) is 2. The van der Waals surface area contributed by atoms with Gasteiger partial charge in [-0.1, -0.05) is 18.2 Å². The van der Waals surface area contributed by atoms with Crippen LogP contribution in [0.4, 0.5) is 0 Å². The molecule has 0 radical (unpaired) electrons. The largest absolute Gasteiger partial charge is 0.356 e. The summed E-state index contributed by atoms with van der Waals surface area (Å²) in [7, 11) is 0. The summed E-state index contributed by atoms with van der Waals surface area (Å²) in [5, 5.41) is 9.23. The Morgan fingerprint density at radius 2 is 2.00 bits per heavy atom. The van der Waals surface area contributed by atoms with E-state index >= 15 is 0 Å². The van der Waals surface area contributed by atoms with Gasteiger partial charge in [-0.15, -0.1) is 11.3 Å². The number of amides is 1. The summed E-state index contributed by atoms with van der Waals surface area (Å²) in [5.41, 5.74) is 2.25. The number of benzene rings is 1. The van der Waals surface area contributed by atoms with E-state index in [1.807, 2.05) is 40.5 Å². The summed E-state index contributed by atoms with van der Waals surface area (Å²) in [6, 6.07) is 14.2. The van der Waals surface area contributed by atoms with Crippen molar-refractivity contribution >= 4 is 17.2 Å². The maximum atomic E-state index is 11.8. The second kappa shape index (κ2) is 7.74. The molecule has 0 aliphatic rings. The Bertz CT molecular complexity index is 718. The van der Waals surface area contributed by atoms with Crippen molar-refractivity contribution in [2.75, 3.05) is 6.54 Å². The Balaban J connectivity index is 1.41. The summed E-state index contributed by atoms with van der Waals surface area (Å²) in [4.78, 5) is 13.1. The van der Waals surface area contributed by atoms with Gasteiger partial charge in [0, 0.05) is 30.2 Å². The van der Waals surface area contributed by atoms with E-state index in [0.29, 0.717) is 13.0 Å². The standard InChI is InChI=1S/C18H19N3OS/c22-18(9-8-17-3-1-14-23-17)19-12-10-15-4-6-16(7-5-15)21-13-2-11-20-21/h1-7,11,13-14H,8-10,12H2,(H,19,22). The average Bonchev–Trinajstić information content (AvgIpc) is 3.27. The Labute approximate surface area is 139 Å². The Hall–Kier alpha value is -2.40. The summed E-state index contributed by atoms with van der Waals surface area (Å²) in [6.45, 7) is 0.671. The van der Waals surface area contributed by atoms with Crippen LogP contribution >= 0.6 is 11.3 Å². The predicted molar refractivity (Wildman–Crippen MR) is 92.9 cm³/mol. The van der Waals surface area contributed by atoms with E-state index in [-0.39, 0.29) is 5.91 Å². The van der Waals surface area contributed by atoms with Crippen LogP contribution in [0.1, 0.15) is 16.9 Å². The molecule has 5 heteroatoms. The van der Waals surface area contributed by atoms with Gasteiger partial charge in [0.25, 0.3) is 0 Å². The van der Waals surface area contributed by atoms with E-state index in [4.69, 9.17) is 0 Å². The minimum Gasteiger partial charge on any atom is -0.356 e. The first-order valence-corrected chi connectivity index (χ1v) is 8.57. The molecule has 0 saturated heterocycles. The van der Waals surface area contributed by atoms with Crippen LogP contribution in [-0.2, 0) is 17.6 Å². The molecule has 2 aromatic heterocycles. The van der Waals surface area contributed by atoms with Crippen LogP contribution in [0.15, 0.2) is 60.2 Å². The summed E-state index contributed by atoms with van der Waals surface area (Å²) in [6.07, 6.45) is 5.90. The fourth-order valence-corrected chi connectivity index (χ4v) is 3.07. The van der Waals surface area contributed by atoms with Gasteiger partial charge in [0.1, 0.15) is 0 Å². The van der Waals surface area contributed by atoms with Crippen molar-refractivity contribution < 1.29 is 4.79 Å². The highest BCUT2D eigenvalue weighted by Crippen LogP contribution is 2.11. The lowest BCUT2D eigenvalue weighted by molar-refractivity contribution is -0.121. The van der Waals surface area contributed by atoms with Crippen LogP contribution in [0, 0.1) is 0 Å². The Morgan fingerprint density at radius 1 is 1.13 bits per heavy atom. The number of hydrogen-bond acceptors (Lipinski definition) is 3. The molecule has 0 bridgehead atoms. The van der Waals surface area contributed by atoms with Gasteiger partial charge in [-0.25, -0.2) is 4.68 Å². The van der Waals surface area contributed by atoms with Gasteiger partial charge in [0.05, 0.1) is 5.69 Å². The van der Waals surface area contributed by atoms with Crippen LogP contribution in [0.25, 0.3) is 5.69 Å². The molecule has 0 aliphatic carbocycles. The third-order valence-corrected chi connectivity index (χ3v) is 4.56. The van der Waals surface area contributed by atoms with E-state index < -0.39 is 0 Å². The highest BCUT2D eigenvalue weighted by atomic mass is 32.1. The number of carbonyl (C=O) groups is 1. The summed E-state index contributed by atoms with van der Waals surface area (Å²) >= 11 is 1.70. The minimum atomic E-state index is 0.117. The minimum absolute atomic E-state index is 0.117. The highest BCUT2D eigenvalue weighted by molar-refractivity contribution is 7.09. The van der Waals surface area contributed by atoms with Gasteiger partial charge >= 0.3 is 0 Å². The van der Waals surface area contributed by atoms with Crippen molar-refractivity contribution in [3.8, 4) is 5.69 Å². The normalized spacial score (nSPS) is 10.6. The topological polar surface area (TPSA) is 46.9 Å². The molecule has 0 aliphatic heterocycles. The maximum Gasteiger partial charge on any atom is 0.220 e. The molecule has 1 N–H and O–H groups in total. The maximum absolute atomic E-state index is 11.8. The molecule has 0 fully saturated rings. The van der Waals surface area contributed by atoms with Crippen molar-refractivity contribution in [1.29, 1.82) is 0 Å². The molecule has 1 aromatic carbocycles. The first-order chi connectivity index (χ1) is 11.3. The van der Waals surface area contributed by atoms with Crippen molar-refractivity contribution in [2.24, 2.45) is 0 Å². The molecule has 2 heterocycles. The zero-order chi connectivity index (χ0) is 15.9. The lowest BCUT2D eigenvalue weighted by atomic mass is 10.1. The van der Waals surface area contributed by atoms with E-state index in [2.05, 4.69) is 28.6 Å². The van der Waals surface area contributed by atoms with Gasteiger partial charge in [-0.05, 0) is 48.1 Å². The number of thiophene rings is 1. The van der Waals surface area contributed by atoms with E-state index in [0.717, 1.165) is 18.5 Å². The fourth-order valence-electron chi connectivity index (χ4n) is 2.36. The molecular weight excluding hydrogens is 306 g/mol. The van der Waals surface area contributed by atoms with Crippen molar-refractivity contribution in [2.45, 2.75) is 19.3 Å². The van der Waals surface area contributed by atoms with Crippen molar-refractivity contribution in [3.05, 3.63) is 70.7 Å². The van der Waals surface area contributed by atoms with Gasteiger partial charge in [0.2, 0.25) is 5.91 Å². The van der Waals surface area contributed by atoms with E-state index in [9.17, 15) is 4.79 Å². The van der Waals surface area contributed by atoms with Gasteiger partial charge in [0.15, 0.2) is 0 Å². The molecule has 4 nitrogen and oxygen atoms in total. The second-order valence-electron chi connectivity index (χ2n) is 5.30. The monoisotopic (exact) mass is 325 g/mol. The molecule has 23 heavy (non-hydrogen) atoms. The van der Waals surface area contributed by atoms with Gasteiger partial charge in [-0.2, -0.15) is 5.10 Å². The number of aryl methyl sites for hydroxylation is 1. The Morgan fingerprint density at radius 3 is 2.70 bits per heavy atom. The zero-order valence-corrected chi connectivity index (χ0v) is 13.6. The molecule has 3 aromatic rings. The average molecular weight is 325 g/mol. The fraction of sp³-hybridized carbons (Fsp3) is 0.222.